The lowest BCUT2D eigenvalue weighted by molar-refractivity contribution is -0.784. The summed E-state index contributed by atoms with van der Waals surface area (Å²) in [6.45, 7) is 4.01. The number of benzene rings is 1. The molecule has 2 aliphatic rings. The predicted molar refractivity (Wildman–Crippen MR) is 177 cm³/mol. The normalized spacial score (nSPS) is 18.8. The maximum Gasteiger partial charge on any atom is 0.418 e. The van der Waals surface area contributed by atoms with Crippen molar-refractivity contribution in [2.45, 2.75) is 56.7 Å². The third-order valence-electron chi connectivity index (χ3n) is 8.06. The number of oxime groups is 1. The molecule has 276 valence electrons. The number of carbonyl (C=O) groups excluding carboxylic acids is 2. The summed E-state index contributed by atoms with van der Waals surface area (Å²) >= 11 is 0.947. The molecule has 2 aromatic heterocycles. The summed E-state index contributed by atoms with van der Waals surface area (Å²) in [5.41, 5.74) is 9.61. The third-order valence-corrected chi connectivity index (χ3v) is 9.07. The van der Waals surface area contributed by atoms with E-state index in [9.17, 15) is 32.3 Å². The summed E-state index contributed by atoms with van der Waals surface area (Å²) in [4.78, 5) is 47.0. The van der Waals surface area contributed by atoms with Gasteiger partial charge in [-0.15, -0.1) is 20.3 Å². The number of anilines is 1. The number of hydrogen-bond acceptors (Lipinski definition) is 14. The van der Waals surface area contributed by atoms with Gasteiger partial charge in [-0.25, -0.2) is 14.2 Å². The van der Waals surface area contributed by atoms with Crippen molar-refractivity contribution in [2.24, 2.45) is 10.9 Å². The lowest BCUT2D eigenvalue weighted by Gasteiger charge is -2.50. The van der Waals surface area contributed by atoms with Crippen LogP contribution in [0.1, 0.15) is 26.0 Å². The van der Waals surface area contributed by atoms with Gasteiger partial charge in [-0.1, -0.05) is 17.3 Å². The van der Waals surface area contributed by atoms with Gasteiger partial charge in [0.1, 0.15) is 24.1 Å². The summed E-state index contributed by atoms with van der Waals surface area (Å²) < 4.78 is 59.8. The number of ether oxygens (including phenoxy) is 1. The smallest absolute Gasteiger partial charge is 0.418 e. The average Bonchev–Trinajstić information content (AvgIpc) is 3.67. The predicted octanol–water partition coefficient (Wildman–Crippen LogP) is -0.765. The van der Waals surface area contributed by atoms with E-state index in [1.54, 1.807) is 24.3 Å². The number of aliphatic carboxylic acids is 1. The second-order valence-electron chi connectivity index (χ2n) is 12.3. The van der Waals surface area contributed by atoms with Crippen LogP contribution in [-0.4, -0.2) is 106 Å². The standard InChI is InChI=1S/C29H36FN9O10S2/c1-28(2)23(25(41)39(28)49-51(44,45)46)35-24(40)22(20-13-50-27(32)34-20)36-48-21(26(42)43)12-47-19-6-4-17(5-7-19)18-10-37(9-3-8-31)38(11-18)16-29(30)14-33-15-29/h4-7,10-11,13,21,23,33H,3,8-9,12,14-16,31H2,1-2H3,(H4-,32,34,35,40,42,43,44,45,46)/p+1/b36-22-/t21-,23?/m0/s1. The molecule has 0 aliphatic carbocycles. The van der Waals surface area contributed by atoms with Crippen molar-refractivity contribution >= 4 is 50.4 Å². The molecule has 0 bridgehead atoms. The first kappa shape index (κ1) is 37.5. The Balaban J connectivity index is 1.26. The van der Waals surface area contributed by atoms with Crippen LogP contribution in [-0.2, 0) is 47.0 Å². The van der Waals surface area contributed by atoms with Crippen LogP contribution in [0.3, 0.4) is 0 Å². The molecule has 3 aromatic rings. The zero-order valence-electron chi connectivity index (χ0n) is 27.4. The van der Waals surface area contributed by atoms with Gasteiger partial charge in [0, 0.05) is 18.5 Å². The zero-order valence-corrected chi connectivity index (χ0v) is 29.0. The molecule has 22 heteroatoms. The first-order valence-electron chi connectivity index (χ1n) is 15.4. The summed E-state index contributed by atoms with van der Waals surface area (Å²) in [6, 6.07) is 5.41. The second-order valence-corrected chi connectivity index (χ2v) is 14.2. The van der Waals surface area contributed by atoms with E-state index in [1.807, 2.05) is 21.8 Å². The topological polar surface area (TPSA) is 267 Å². The van der Waals surface area contributed by atoms with Crippen LogP contribution < -0.4 is 31.5 Å². The zero-order chi connectivity index (χ0) is 37.1. The van der Waals surface area contributed by atoms with Crippen LogP contribution >= 0.6 is 11.3 Å². The van der Waals surface area contributed by atoms with Gasteiger partial charge in [-0.2, -0.15) is 18.2 Å². The largest absolute Gasteiger partial charge is 0.489 e. The van der Waals surface area contributed by atoms with Crippen molar-refractivity contribution in [3.63, 3.8) is 0 Å². The summed E-state index contributed by atoms with van der Waals surface area (Å²) in [5, 5.41) is 20.6. The van der Waals surface area contributed by atoms with E-state index in [-0.39, 0.29) is 30.5 Å². The Morgan fingerprint density at radius 2 is 1.98 bits per heavy atom. The van der Waals surface area contributed by atoms with Crippen LogP contribution in [0.15, 0.2) is 47.2 Å². The number of aromatic nitrogens is 3. The molecule has 51 heavy (non-hydrogen) atoms. The first-order chi connectivity index (χ1) is 24.0. The minimum Gasteiger partial charge on any atom is -0.489 e. The van der Waals surface area contributed by atoms with Gasteiger partial charge in [0.15, 0.2) is 16.5 Å². The molecule has 1 unspecified atom stereocenters. The van der Waals surface area contributed by atoms with Crippen LogP contribution in [0.2, 0.25) is 0 Å². The molecule has 1 aromatic carbocycles. The Bertz CT molecular complexity index is 1910. The summed E-state index contributed by atoms with van der Waals surface area (Å²) in [7, 11) is -5.03. The number of hydroxylamine groups is 2. The number of nitrogen functional groups attached to an aromatic ring is 1. The highest BCUT2D eigenvalue weighted by molar-refractivity contribution is 7.80. The second kappa shape index (κ2) is 14.9. The fourth-order valence-electron chi connectivity index (χ4n) is 5.23. The maximum absolute atomic E-state index is 14.9. The number of aryl methyl sites for hydroxylation is 1. The van der Waals surface area contributed by atoms with E-state index in [4.69, 9.17) is 25.6 Å². The van der Waals surface area contributed by atoms with Gasteiger partial charge >= 0.3 is 16.4 Å². The van der Waals surface area contributed by atoms with Crippen LogP contribution in [0.4, 0.5) is 9.52 Å². The molecule has 5 rings (SSSR count). The van der Waals surface area contributed by atoms with Crippen molar-refractivity contribution in [3.8, 4) is 16.9 Å². The number of nitrogens with zero attached hydrogens (tertiary/aromatic N) is 5. The van der Waals surface area contributed by atoms with Gasteiger partial charge in [-0.05, 0) is 44.5 Å². The molecule has 0 saturated carbocycles. The monoisotopic (exact) mass is 754 g/mol. The number of alkyl halides is 1. The number of nitrogens with one attached hydrogen (secondary N) is 2. The number of rotatable bonds is 17. The van der Waals surface area contributed by atoms with E-state index in [1.165, 1.54) is 19.2 Å². The van der Waals surface area contributed by atoms with E-state index in [2.05, 4.69) is 25.1 Å². The van der Waals surface area contributed by atoms with E-state index in [0.717, 1.165) is 22.5 Å². The number of carbonyl (C=O) groups is 3. The Morgan fingerprint density at radius 3 is 2.53 bits per heavy atom. The highest BCUT2D eigenvalue weighted by Crippen LogP contribution is 2.33. The maximum atomic E-state index is 14.9. The number of carboxylic acids is 1. The molecule has 2 fully saturated rings. The number of nitrogens with two attached hydrogens (primary N) is 2. The number of β-lactam (4-membered cyclic amide) rings is 1. The average molecular weight is 755 g/mol. The van der Waals surface area contributed by atoms with Gasteiger partial charge in [0.25, 0.3) is 17.9 Å². The molecular formula is C29H37FN9O10S2+. The van der Waals surface area contributed by atoms with Gasteiger partial charge < -0.3 is 36.8 Å². The lowest BCUT2D eigenvalue weighted by Crippen LogP contribution is -2.76. The van der Waals surface area contributed by atoms with Crippen LogP contribution in [0, 0.1) is 0 Å². The van der Waals surface area contributed by atoms with Crippen LogP contribution in [0.5, 0.6) is 5.75 Å². The molecule has 0 spiro atoms. The number of carboxylic acid groups (broad SMARTS) is 1. The van der Waals surface area contributed by atoms with E-state index >= 15 is 0 Å². The SMILES string of the molecule is CC1(C)C(NC(=O)/C(=N\O[C@@H](COc2ccc(-c3cn(CCCN)[n+](CC4(F)CNC4)c3)cc2)C(=O)O)c2csc(N)n2)C(=O)N1OS(=O)(=O)O. The molecule has 2 amide bonds. The fourth-order valence-corrected chi connectivity index (χ4v) is 6.23. The van der Waals surface area contributed by atoms with Crippen molar-refractivity contribution in [3.05, 3.63) is 47.7 Å². The number of amides is 2. The highest BCUT2D eigenvalue weighted by atomic mass is 32.3. The molecule has 4 heterocycles. The van der Waals surface area contributed by atoms with E-state index < -0.39 is 63.9 Å². The minimum absolute atomic E-state index is 0.0452. The summed E-state index contributed by atoms with van der Waals surface area (Å²) in [5.74, 6) is -3.22. The van der Waals surface area contributed by atoms with Gasteiger partial charge in [0.05, 0.1) is 23.8 Å². The molecule has 8 N–H and O–H groups in total. The molecule has 2 saturated heterocycles. The Labute approximate surface area is 294 Å². The fraction of sp³-hybridized carbons (Fsp3) is 0.448. The van der Waals surface area contributed by atoms with Gasteiger partial charge in [0.2, 0.25) is 12.7 Å². The Hall–Kier alpha value is -4.74. The van der Waals surface area contributed by atoms with E-state index in [0.29, 0.717) is 30.3 Å². The molecule has 2 aliphatic heterocycles. The molecule has 2 atom stereocenters. The quantitative estimate of drug-likeness (QED) is 0.0325. The van der Waals surface area contributed by atoms with Crippen molar-refractivity contribution < 1.29 is 55.4 Å². The number of thiazole rings is 1. The molecular weight excluding hydrogens is 718 g/mol. The molecule has 0 radical (unpaired) electrons. The Morgan fingerprint density at radius 1 is 1.27 bits per heavy atom. The van der Waals surface area contributed by atoms with Crippen molar-refractivity contribution in [1.29, 1.82) is 0 Å². The summed E-state index contributed by atoms with van der Waals surface area (Å²) in [6.07, 6.45) is 2.76. The molecule has 19 nitrogen and oxygen atoms in total. The number of hydrogen-bond donors (Lipinski definition) is 6. The van der Waals surface area contributed by atoms with Crippen molar-refractivity contribution in [1.82, 2.24) is 25.4 Å². The lowest BCUT2D eigenvalue weighted by atomic mass is 9.84. The third kappa shape index (κ3) is 8.77. The van der Waals surface area contributed by atoms with Gasteiger partial charge in [-0.3, -0.25) is 14.1 Å². The highest BCUT2D eigenvalue weighted by Gasteiger charge is 2.58. The minimum atomic E-state index is -5.03. The number of halogens is 1. The first-order valence-corrected chi connectivity index (χ1v) is 17.7. The van der Waals surface area contributed by atoms with Crippen LogP contribution in [0.25, 0.3) is 11.1 Å². The van der Waals surface area contributed by atoms with Crippen molar-refractivity contribution in [2.75, 3.05) is 32.0 Å². The Kier molecular flexibility index (Phi) is 10.9.